The van der Waals surface area contributed by atoms with Gasteiger partial charge in [0.05, 0.1) is 6.61 Å². The second kappa shape index (κ2) is 10.9. The van der Waals surface area contributed by atoms with E-state index in [0.29, 0.717) is 13.2 Å². The highest BCUT2D eigenvalue weighted by Crippen LogP contribution is 2.24. The number of rotatable bonds is 10. The van der Waals surface area contributed by atoms with Crippen LogP contribution in [0.25, 0.3) is 0 Å². The first kappa shape index (κ1) is 18.2. The van der Waals surface area contributed by atoms with Crippen molar-refractivity contribution < 1.29 is 19.4 Å². The van der Waals surface area contributed by atoms with Crippen molar-refractivity contribution >= 4 is 6.09 Å². The fourth-order valence-corrected chi connectivity index (χ4v) is 2.54. The molecule has 0 bridgehead atoms. The van der Waals surface area contributed by atoms with Gasteiger partial charge in [-0.05, 0) is 25.7 Å². The van der Waals surface area contributed by atoms with E-state index in [1.807, 2.05) is 0 Å². The van der Waals surface area contributed by atoms with Crippen molar-refractivity contribution in [3.8, 4) is 0 Å². The SMILES string of the molecule is CCCCCCCCNC(=O)OCC1(CO)CCCCO1. The topological polar surface area (TPSA) is 67.8 Å². The van der Waals surface area contributed by atoms with Gasteiger partial charge in [0.25, 0.3) is 0 Å². The molecule has 21 heavy (non-hydrogen) atoms. The standard InChI is InChI=1S/C16H31NO4/c1-2-3-4-5-6-8-11-17-15(19)20-14-16(13-18)10-7-9-12-21-16/h18H,2-14H2,1H3,(H,17,19). The van der Waals surface area contributed by atoms with Crippen LogP contribution in [0.5, 0.6) is 0 Å². The lowest BCUT2D eigenvalue weighted by molar-refractivity contribution is -0.133. The van der Waals surface area contributed by atoms with Gasteiger partial charge in [-0.25, -0.2) is 4.79 Å². The molecule has 0 aliphatic carbocycles. The van der Waals surface area contributed by atoms with E-state index in [9.17, 15) is 9.90 Å². The number of aliphatic hydroxyl groups excluding tert-OH is 1. The average Bonchev–Trinajstić information content (AvgIpc) is 2.53. The molecule has 0 spiro atoms. The number of carbonyl (C=O) groups is 1. The van der Waals surface area contributed by atoms with Gasteiger partial charge < -0.3 is 19.9 Å². The maximum atomic E-state index is 11.6. The molecule has 1 saturated heterocycles. The summed E-state index contributed by atoms with van der Waals surface area (Å²) < 4.78 is 10.8. The Bertz CT molecular complexity index is 277. The molecule has 1 aliphatic heterocycles. The zero-order valence-corrected chi connectivity index (χ0v) is 13.4. The first-order chi connectivity index (χ1) is 10.2. The van der Waals surface area contributed by atoms with Crippen LogP contribution in [0.3, 0.4) is 0 Å². The van der Waals surface area contributed by atoms with Gasteiger partial charge in [-0.3, -0.25) is 0 Å². The number of ether oxygens (including phenoxy) is 2. The van der Waals surface area contributed by atoms with Crippen molar-refractivity contribution in [2.45, 2.75) is 70.3 Å². The molecule has 0 aromatic rings. The van der Waals surface area contributed by atoms with E-state index in [1.54, 1.807) is 0 Å². The van der Waals surface area contributed by atoms with Crippen molar-refractivity contribution in [3.05, 3.63) is 0 Å². The zero-order valence-electron chi connectivity index (χ0n) is 13.4. The Balaban J connectivity index is 2.05. The van der Waals surface area contributed by atoms with Crippen LogP contribution in [0.1, 0.15) is 64.7 Å². The first-order valence-electron chi connectivity index (χ1n) is 8.38. The molecule has 0 radical (unpaired) electrons. The number of amides is 1. The molecule has 1 amide bonds. The minimum atomic E-state index is -0.685. The number of unbranched alkanes of at least 4 members (excludes halogenated alkanes) is 5. The van der Waals surface area contributed by atoms with Crippen LogP contribution >= 0.6 is 0 Å². The summed E-state index contributed by atoms with van der Waals surface area (Å²) in [7, 11) is 0. The largest absolute Gasteiger partial charge is 0.446 e. The Kier molecular flexibility index (Phi) is 9.42. The third-order valence-electron chi connectivity index (χ3n) is 3.99. The maximum Gasteiger partial charge on any atom is 0.407 e. The molecular formula is C16H31NO4. The van der Waals surface area contributed by atoms with E-state index in [2.05, 4.69) is 12.2 Å². The molecule has 2 N–H and O–H groups in total. The number of hydrogen-bond donors (Lipinski definition) is 2. The van der Waals surface area contributed by atoms with Crippen LogP contribution < -0.4 is 5.32 Å². The normalized spacial score (nSPS) is 22.0. The summed E-state index contributed by atoms with van der Waals surface area (Å²) in [6, 6.07) is 0. The number of carbonyl (C=O) groups excluding carboxylic acids is 1. The number of nitrogens with one attached hydrogen (secondary N) is 1. The molecule has 1 rings (SSSR count). The summed E-state index contributed by atoms with van der Waals surface area (Å²) in [6.45, 7) is 3.51. The predicted octanol–water partition coefficient (Wildman–Crippen LogP) is 3.00. The smallest absolute Gasteiger partial charge is 0.407 e. The van der Waals surface area contributed by atoms with Crippen molar-refractivity contribution in [1.82, 2.24) is 5.32 Å². The van der Waals surface area contributed by atoms with E-state index in [-0.39, 0.29) is 13.2 Å². The van der Waals surface area contributed by atoms with Crippen LogP contribution in [-0.2, 0) is 9.47 Å². The summed E-state index contributed by atoms with van der Waals surface area (Å²) in [5.74, 6) is 0. The van der Waals surface area contributed by atoms with E-state index < -0.39 is 11.7 Å². The monoisotopic (exact) mass is 301 g/mol. The summed E-state index contributed by atoms with van der Waals surface area (Å²) in [5.41, 5.74) is -0.685. The highest BCUT2D eigenvalue weighted by molar-refractivity contribution is 5.67. The zero-order chi connectivity index (χ0) is 15.4. The molecule has 5 heteroatoms. The molecular weight excluding hydrogens is 270 g/mol. The quantitative estimate of drug-likeness (QED) is 0.609. The van der Waals surface area contributed by atoms with Gasteiger partial charge >= 0.3 is 6.09 Å². The summed E-state index contributed by atoms with van der Waals surface area (Å²) in [5, 5.41) is 12.2. The maximum absolute atomic E-state index is 11.6. The fraction of sp³-hybridized carbons (Fsp3) is 0.938. The van der Waals surface area contributed by atoms with Crippen molar-refractivity contribution in [2.75, 3.05) is 26.4 Å². The Morgan fingerprint density at radius 3 is 2.67 bits per heavy atom. The minimum Gasteiger partial charge on any atom is -0.446 e. The number of aliphatic hydroxyl groups is 1. The van der Waals surface area contributed by atoms with Crippen molar-refractivity contribution in [2.24, 2.45) is 0 Å². The van der Waals surface area contributed by atoms with Gasteiger partial charge in [0.1, 0.15) is 12.2 Å². The Labute approximate surface area is 128 Å². The van der Waals surface area contributed by atoms with Gasteiger partial charge in [-0.2, -0.15) is 0 Å². The predicted molar refractivity (Wildman–Crippen MR) is 82.3 cm³/mol. The molecule has 124 valence electrons. The molecule has 1 unspecified atom stereocenters. The molecule has 0 aromatic carbocycles. The molecule has 1 fully saturated rings. The van der Waals surface area contributed by atoms with E-state index in [1.165, 1.54) is 25.7 Å². The van der Waals surface area contributed by atoms with Crippen LogP contribution in [0, 0.1) is 0 Å². The fourth-order valence-electron chi connectivity index (χ4n) is 2.54. The van der Waals surface area contributed by atoms with Crippen molar-refractivity contribution in [1.29, 1.82) is 0 Å². The molecule has 5 nitrogen and oxygen atoms in total. The summed E-state index contributed by atoms with van der Waals surface area (Å²) in [4.78, 5) is 11.6. The second-order valence-corrected chi connectivity index (χ2v) is 5.92. The Hall–Kier alpha value is -0.810. The van der Waals surface area contributed by atoms with Crippen LogP contribution in [-0.4, -0.2) is 43.2 Å². The average molecular weight is 301 g/mol. The second-order valence-electron chi connectivity index (χ2n) is 5.92. The first-order valence-corrected chi connectivity index (χ1v) is 8.38. The van der Waals surface area contributed by atoms with Gasteiger partial charge in [0.2, 0.25) is 0 Å². The van der Waals surface area contributed by atoms with Gasteiger partial charge in [-0.15, -0.1) is 0 Å². The number of hydrogen-bond acceptors (Lipinski definition) is 4. The molecule has 1 heterocycles. The Morgan fingerprint density at radius 2 is 2.00 bits per heavy atom. The Morgan fingerprint density at radius 1 is 1.24 bits per heavy atom. The van der Waals surface area contributed by atoms with Gasteiger partial charge in [0.15, 0.2) is 0 Å². The van der Waals surface area contributed by atoms with Gasteiger partial charge in [0, 0.05) is 13.2 Å². The minimum absolute atomic E-state index is 0.0995. The lowest BCUT2D eigenvalue weighted by atomic mass is 9.96. The third kappa shape index (κ3) is 7.67. The van der Waals surface area contributed by atoms with E-state index >= 15 is 0 Å². The number of alkyl carbamates (subject to hydrolysis) is 1. The lowest BCUT2D eigenvalue weighted by Gasteiger charge is -2.34. The van der Waals surface area contributed by atoms with Crippen LogP contribution in [0.4, 0.5) is 4.79 Å². The molecule has 1 aliphatic rings. The highest BCUT2D eigenvalue weighted by atomic mass is 16.6. The van der Waals surface area contributed by atoms with E-state index in [0.717, 1.165) is 32.1 Å². The van der Waals surface area contributed by atoms with Crippen LogP contribution in [0.2, 0.25) is 0 Å². The van der Waals surface area contributed by atoms with E-state index in [4.69, 9.17) is 9.47 Å². The highest BCUT2D eigenvalue weighted by Gasteiger charge is 2.34. The van der Waals surface area contributed by atoms with Crippen LogP contribution in [0.15, 0.2) is 0 Å². The lowest BCUT2D eigenvalue weighted by Crippen LogP contribution is -2.45. The molecule has 0 aromatic heterocycles. The summed E-state index contributed by atoms with van der Waals surface area (Å²) >= 11 is 0. The molecule has 0 saturated carbocycles. The molecule has 1 atom stereocenters. The van der Waals surface area contributed by atoms with Gasteiger partial charge in [-0.1, -0.05) is 39.0 Å². The third-order valence-corrected chi connectivity index (χ3v) is 3.99. The van der Waals surface area contributed by atoms with Crippen molar-refractivity contribution in [3.63, 3.8) is 0 Å². The summed E-state index contributed by atoms with van der Waals surface area (Å²) in [6.07, 6.45) is 9.51.